The quantitative estimate of drug-likeness (QED) is 0.855. The largest absolute Gasteiger partial charge is 0.480 e. The van der Waals surface area contributed by atoms with Gasteiger partial charge in [0, 0.05) is 6.54 Å². The van der Waals surface area contributed by atoms with Gasteiger partial charge in [-0.25, -0.2) is 4.79 Å². The molecular weight excluding hydrogens is 226 g/mol. The Morgan fingerprint density at radius 2 is 2.31 bits per heavy atom. The first-order chi connectivity index (χ1) is 7.61. The molecule has 1 atom stereocenters. The Morgan fingerprint density at radius 1 is 1.56 bits per heavy atom. The van der Waals surface area contributed by atoms with E-state index < -0.39 is 12.0 Å². The molecule has 1 amide bonds. The van der Waals surface area contributed by atoms with Gasteiger partial charge in [-0.05, 0) is 36.8 Å². The lowest BCUT2D eigenvalue weighted by atomic mass is 10.2. The summed E-state index contributed by atoms with van der Waals surface area (Å²) in [5, 5.41) is 10.9. The molecule has 5 heteroatoms. The van der Waals surface area contributed by atoms with Crippen LogP contribution in [0.15, 0.2) is 11.4 Å². The summed E-state index contributed by atoms with van der Waals surface area (Å²) in [5.74, 6) is -1.04. The van der Waals surface area contributed by atoms with E-state index >= 15 is 0 Å². The van der Waals surface area contributed by atoms with E-state index in [1.807, 2.05) is 18.4 Å². The summed E-state index contributed by atoms with van der Waals surface area (Å²) in [6.07, 6.45) is 1.33. The number of amides is 1. The molecular formula is C11H13NO3S. The second-order valence-corrected chi connectivity index (χ2v) is 4.84. The Kier molecular flexibility index (Phi) is 2.96. The van der Waals surface area contributed by atoms with Crippen LogP contribution in [0.4, 0.5) is 0 Å². The van der Waals surface area contributed by atoms with Crippen LogP contribution in [0.1, 0.15) is 28.1 Å². The summed E-state index contributed by atoms with van der Waals surface area (Å²) in [6.45, 7) is 2.42. The van der Waals surface area contributed by atoms with Crippen molar-refractivity contribution in [3.63, 3.8) is 0 Å². The van der Waals surface area contributed by atoms with Gasteiger partial charge in [0.15, 0.2) is 0 Å². The maximum Gasteiger partial charge on any atom is 0.326 e. The van der Waals surface area contributed by atoms with Crippen LogP contribution in [0.5, 0.6) is 0 Å². The molecule has 0 aliphatic carbocycles. The van der Waals surface area contributed by atoms with Crippen molar-refractivity contribution in [2.24, 2.45) is 0 Å². The van der Waals surface area contributed by atoms with E-state index in [0.717, 1.165) is 12.0 Å². The molecule has 2 heterocycles. The minimum Gasteiger partial charge on any atom is -0.480 e. The van der Waals surface area contributed by atoms with Crippen molar-refractivity contribution < 1.29 is 14.7 Å². The van der Waals surface area contributed by atoms with Gasteiger partial charge in [0.25, 0.3) is 5.91 Å². The standard InChI is InChI=1S/C11H13NO3S/c1-7-4-6-16-9(7)10(13)12-5-2-3-8(12)11(14)15/h4,6,8H,2-3,5H2,1H3,(H,14,15). The molecule has 86 valence electrons. The molecule has 1 aliphatic heterocycles. The van der Waals surface area contributed by atoms with Crippen molar-refractivity contribution in [2.75, 3.05) is 6.54 Å². The van der Waals surface area contributed by atoms with Gasteiger partial charge in [-0.15, -0.1) is 11.3 Å². The van der Waals surface area contributed by atoms with Gasteiger partial charge in [0.1, 0.15) is 6.04 Å². The summed E-state index contributed by atoms with van der Waals surface area (Å²) in [7, 11) is 0. The highest BCUT2D eigenvalue weighted by Crippen LogP contribution is 2.24. The normalized spacial score (nSPS) is 20.1. The zero-order valence-corrected chi connectivity index (χ0v) is 9.79. The molecule has 2 rings (SSSR count). The van der Waals surface area contributed by atoms with Crippen LogP contribution in [0.25, 0.3) is 0 Å². The number of carbonyl (C=O) groups excluding carboxylic acids is 1. The third-order valence-corrected chi connectivity index (χ3v) is 3.86. The van der Waals surface area contributed by atoms with Crippen molar-refractivity contribution in [2.45, 2.75) is 25.8 Å². The van der Waals surface area contributed by atoms with Crippen molar-refractivity contribution >= 4 is 23.2 Å². The van der Waals surface area contributed by atoms with Crippen LogP contribution in [0.2, 0.25) is 0 Å². The van der Waals surface area contributed by atoms with E-state index in [4.69, 9.17) is 5.11 Å². The zero-order chi connectivity index (χ0) is 11.7. The van der Waals surface area contributed by atoms with Gasteiger partial charge in [0.05, 0.1) is 4.88 Å². The van der Waals surface area contributed by atoms with E-state index in [-0.39, 0.29) is 5.91 Å². The molecule has 1 aromatic heterocycles. The van der Waals surface area contributed by atoms with Gasteiger partial charge in [0.2, 0.25) is 0 Å². The summed E-state index contributed by atoms with van der Waals surface area (Å²) >= 11 is 1.37. The molecule has 1 saturated heterocycles. The molecule has 0 aromatic carbocycles. The number of aryl methyl sites for hydroxylation is 1. The second kappa shape index (κ2) is 4.25. The number of carbonyl (C=O) groups is 2. The highest BCUT2D eigenvalue weighted by Gasteiger charge is 2.35. The van der Waals surface area contributed by atoms with Gasteiger partial charge in [-0.2, -0.15) is 0 Å². The zero-order valence-electron chi connectivity index (χ0n) is 8.97. The number of rotatable bonds is 2. The summed E-state index contributed by atoms with van der Waals surface area (Å²) in [5.41, 5.74) is 0.922. The lowest BCUT2D eigenvalue weighted by Gasteiger charge is -2.20. The number of nitrogens with zero attached hydrogens (tertiary/aromatic N) is 1. The van der Waals surface area contributed by atoms with E-state index in [1.165, 1.54) is 16.2 Å². The second-order valence-electron chi connectivity index (χ2n) is 3.93. The maximum atomic E-state index is 12.1. The molecule has 0 spiro atoms. The number of likely N-dealkylation sites (tertiary alicyclic amines) is 1. The molecule has 1 aliphatic rings. The Morgan fingerprint density at radius 3 is 2.88 bits per heavy atom. The molecule has 16 heavy (non-hydrogen) atoms. The van der Waals surface area contributed by atoms with Gasteiger partial charge < -0.3 is 10.0 Å². The molecule has 1 fully saturated rings. The predicted octanol–water partition coefficient (Wildman–Crippen LogP) is 1.75. The van der Waals surface area contributed by atoms with Gasteiger partial charge in [-0.1, -0.05) is 0 Å². The minimum absolute atomic E-state index is 0.141. The first-order valence-electron chi connectivity index (χ1n) is 5.19. The predicted molar refractivity (Wildman–Crippen MR) is 60.8 cm³/mol. The Bertz CT molecular complexity index is 427. The van der Waals surface area contributed by atoms with Crippen LogP contribution < -0.4 is 0 Å². The molecule has 0 radical (unpaired) electrons. The molecule has 0 bridgehead atoms. The molecule has 0 saturated carbocycles. The van der Waals surface area contributed by atoms with Crippen LogP contribution in [-0.4, -0.2) is 34.5 Å². The number of carboxylic acids is 1. The maximum absolute atomic E-state index is 12.1. The van der Waals surface area contributed by atoms with E-state index in [1.54, 1.807) is 0 Å². The van der Waals surface area contributed by atoms with Gasteiger partial charge >= 0.3 is 5.97 Å². The molecule has 1 aromatic rings. The SMILES string of the molecule is Cc1ccsc1C(=O)N1CCCC1C(=O)O. The Labute approximate surface area is 97.5 Å². The Balaban J connectivity index is 2.22. The third kappa shape index (κ3) is 1.82. The number of hydrogen-bond acceptors (Lipinski definition) is 3. The number of thiophene rings is 1. The molecule has 1 N–H and O–H groups in total. The van der Waals surface area contributed by atoms with Crippen molar-refractivity contribution in [1.82, 2.24) is 4.90 Å². The minimum atomic E-state index is -0.903. The van der Waals surface area contributed by atoms with E-state index in [0.29, 0.717) is 17.8 Å². The average Bonchev–Trinajstić information content (AvgIpc) is 2.84. The fourth-order valence-corrected chi connectivity index (χ4v) is 2.87. The monoisotopic (exact) mass is 239 g/mol. The highest BCUT2D eigenvalue weighted by molar-refractivity contribution is 7.12. The van der Waals surface area contributed by atoms with Gasteiger partial charge in [-0.3, -0.25) is 4.79 Å². The summed E-state index contributed by atoms with van der Waals surface area (Å²) < 4.78 is 0. The lowest BCUT2D eigenvalue weighted by Crippen LogP contribution is -2.40. The summed E-state index contributed by atoms with van der Waals surface area (Å²) in [4.78, 5) is 25.2. The number of hydrogen-bond donors (Lipinski definition) is 1. The summed E-state index contributed by atoms with van der Waals surface area (Å²) in [6, 6.07) is 1.23. The first kappa shape index (κ1) is 11.1. The fourth-order valence-electron chi connectivity index (χ4n) is 1.99. The Hall–Kier alpha value is -1.36. The molecule has 4 nitrogen and oxygen atoms in total. The smallest absolute Gasteiger partial charge is 0.326 e. The number of carboxylic acid groups (broad SMARTS) is 1. The van der Waals surface area contributed by atoms with Crippen LogP contribution >= 0.6 is 11.3 Å². The topological polar surface area (TPSA) is 57.6 Å². The highest BCUT2D eigenvalue weighted by atomic mass is 32.1. The van der Waals surface area contributed by atoms with E-state index in [9.17, 15) is 9.59 Å². The first-order valence-corrected chi connectivity index (χ1v) is 6.07. The van der Waals surface area contributed by atoms with Crippen molar-refractivity contribution in [3.8, 4) is 0 Å². The van der Waals surface area contributed by atoms with Crippen LogP contribution in [0, 0.1) is 6.92 Å². The fraction of sp³-hybridized carbons (Fsp3) is 0.455. The van der Waals surface area contributed by atoms with Crippen molar-refractivity contribution in [3.05, 3.63) is 21.9 Å². The lowest BCUT2D eigenvalue weighted by molar-refractivity contribution is -0.141. The van der Waals surface area contributed by atoms with E-state index in [2.05, 4.69) is 0 Å². The number of aliphatic carboxylic acids is 1. The average molecular weight is 239 g/mol. The third-order valence-electron chi connectivity index (χ3n) is 2.86. The molecule has 1 unspecified atom stereocenters. The van der Waals surface area contributed by atoms with Crippen LogP contribution in [-0.2, 0) is 4.79 Å². The van der Waals surface area contributed by atoms with Crippen molar-refractivity contribution in [1.29, 1.82) is 0 Å². The van der Waals surface area contributed by atoms with Crippen LogP contribution in [0.3, 0.4) is 0 Å².